The molecule has 0 saturated carbocycles. The molecule has 0 atom stereocenters. The van der Waals surface area contributed by atoms with Gasteiger partial charge >= 0.3 is 0 Å². The van der Waals surface area contributed by atoms with E-state index in [2.05, 4.69) is 6.92 Å². The lowest BCUT2D eigenvalue weighted by atomic mass is 9.98. The van der Waals surface area contributed by atoms with E-state index >= 15 is 0 Å². The van der Waals surface area contributed by atoms with Gasteiger partial charge in [0.05, 0.1) is 18.4 Å². The average molecular weight is 354 g/mol. The highest BCUT2D eigenvalue weighted by molar-refractivity contribution is 6.17. The molecule has 0 aliphatic rings. The van der Waals surface area contributed by atoms with Gasteiger partial charge < -0.3 is 19.6 Å². The summed E-state index contributed by atoms with van der Waals surface area (Å²) in [5, 5.41) is 20.7. The van der Waals surface area contributed by atoms with Crippen LogP contribution in [0.3, 0.4) is 0 Å². The molecular weight excluding hydrogens is 334 g/mol. The number of benzene rings is 2. The molecule has 3 rings (SSSR count). The molecule has 1 heterocycles. The van der Waals surface area contributed by atoms with Crippen molar-refractivity contribution in [2.24, 2.45) is 0 Å². The molecule has 1 N–H and O–H groups in total. The van der Waals surface area contributed by atoms with Crippen molar-refractivity contribution in [1.82, 2.24) is 0 Å². The number of nitrogens with zero attached hydrogens (tertiary/aromatic N) is 1. The molecule has 0 unspecified atom stereocenters. The maximum atomic E-state index is 13.1. The van der Waals surface area contributed by atoms with Crippen LogP contribution in [0.25, 0.3) is 11.0 Å². The normalized spacial score (nSPS) is 10.9. The molecule has 26 heavy (non-hydrogen) atoms. The summed E-state index contributed by atoms with van der Waals surface area (Å²) in [7, 11) is 1.56. The molecule has 0 saturated heterocycles. The van der Waals surface area contributed by atoms with Crippen LogP contribution in [0.1, 0.15) is 41.4 Å². The molecule has 2 aromatic carbocycles. The van der Waals surface area contributed by atoms with Gasteiger partial charge in [-0.1, -0.05) is 13.3 Å². The zero-order chi connectivity index (χ0) is 18.7. The minimum Gasteiger partial charge on any atom is -0.733 e. The Balaban J connectivity index is 2.12. The third kappa shape index (κ3) is 3.42. The SMILES string of the molecule is CCCCc1oc2ccc(N([O-])O)cc2c1C(=O)c1ccc(OC)cc1. The number of ether oxygens (including phenoxy) is 1. The lowest BCUT2D eigenvalue weighted by Crippen LogP contribution is -2.07. The summed E-state index contributed by atoms with van der Waals surface area (Å²) in [6.07, 6.45) is 2.46. The maximum absolute atomic E-state index is 13.1. The van der Waals surface area contributed by atoms with Crippen molar-refractivity contribution in [1.29, 1.82) is 0 Å². The Morgan fingerprint density at radius 2 is 1.96 bits per heavy atom. The van der Waals surface area contributed by atoms with Crippen LogP contribution in [0.15, 0.2) is 46.9 Å². The summed E-state index contributed by atoms with van der Waals surface area (Å²) < 4.78 is 11.0. The quantitative estimate of drug-likeness (QED) is 0.488. The molecule has 1 aromatic heterocycles. The standard InChI is InChI=1S/C20H20NO5/c1-3-4-5-18-19(20(22)13-6-9-15(25-2)10-7-13)16-12-14(21(23)24)8-11-17(16)26-18/h6-12,23H,3-5H2,1-2H3/q-1. The van der Waals surface area contributed by atoms with Crippen molar-refractivity contribution in [3.05, 3.63) is 64.6 Å². The van der Waals surface area contributed by atoms with E-state index in [1.807, 2.05) is 0 Å². The molecule has 3 aromatic rings. The molecular formula is C20H20NO5-. The highest BCUT2D eigenvalue weighted by Crippen LogP contribution is 2.32. The van der Waals surface area contributed by atoms with Crippen LogP contribution >= 0.6 is 0 Å². The number of fused-ring (bicyclic) bond motifs is 1. The van der Waals surface area contributed by atoms with Gasteiger partial charge in [0.1, 0.15) is 17.1 Å². The summed E-state index contributed by atoms with van der Waals surface area (Å²) in [5.41, 5.74) is 1.49. The number of anilines is 1. The fourth-order valence-electron chi connectivity index (χ4n) is 2.90. The van der Waals surface area contributed by atoms with Crippen molar-refractivity contribution in [3.63, 3.8) is 0 Å². The van der Waals surface area contributed by atoms with Gasteiger partial charge in [-0.3, -0.25) is 10.0 Å². The maximum Gasteiger partial charge on any atom is 0.197 e. The van der Waals surface area contributed by atoms with E-state index in [-0.39, 0.29) is 16.7 Å². The van der Waals surface area contributed by atoms with Gasteiger partial charge in [-0.2, -0.15) is 0 Å². The Morgan fingerprint density at radius 1 is 1.23 bits per heavy atom. The summed E-state index contributed by atoms with van der Waals surface area (Å²) in [6.45, 7) is 2.06. The van der Waals surface area contributed by atoms with Gasteiger partial charge in [-0.15, -0.1) is 0 Å². The second kappa shape index (κ2) is 7.59. The van der Waals surface area contributed by atoms with Gasteiger partial charge in [-0.25, -0.2) is 0 Å². The first-order valence-electron chi connectivity index (χ1n) is 8.45. The van der Waals surface area contributed by atoms with E-state index < -0.39 is 0 Å². The number of hydrogen-bond acceptors (Lipinski definition) is 6. The Labute approximate surface area is 151 Å². The first-order valence-corrected chi connectivity index (χ1v) is 8.45. The Hall–Kier alpha value is -2.83. The minimum atomic E-state index is -0.222. The molecule has 0 spiro atoms. The number of rotatable bonds is 7. The first-order chi connectivity index (χ1) is 12.5. The molecule has 0 radical (unpaired) electrons. The second-order valence-corrected chi connectivity index (χ2v) is 6.01. The predicted molar refractivity (Wildman–Crippen MR) is 98.9 cm³/mol. The fourth-order valence-corrected chi connectivity index (χ4v) is 2.90. The second-order valence-electron chi connectivity index (χ2n) is 6.01. The molecule has 0 aliphatic heterocycles. The van der Waals surface area contributed by atoms with Crippen LogP contribution in [0.2, 0.25) is 0 Å². The molecule has 6 heteroatoms. The largest absolute Gasteiger partial charge is 0.733 e. The Morgan fingerprint density at radius 3 is 2.58 bits per heavy atom. The van der Waals surface area contributed by atoms with Gasteiger partial charge in [0, 0.05) is 17.4 Å². The molecule has 6 nitrogen and oxygen atoms in total. The van der Waals surface area contributed by atoms with E-state index in [1.54, 1.807) is 37.4 Å². The summed E-state index contributed by atoms with van der Waals surface area (Å²) in [4.78, 5) is 13.1. The highest BCUT2D eigenvalue weighted by atomic mass is 16.8. The van der Waals surface area contributed by atoms with Crippen molar-refractivity contribution < 1.29 is 19.2 Å². The molecule has 0 amide bonds. The Bertz CT molecular complexity index is 912. The van der Waals surface area contributed by atoms with Crippen LogP contribution in [0.4, 0.5) is 5.69 Å². The lowest BCUT2D eigenvalue weighted by Gasteiger charge is -2.21. The number of carbonyl (C=O) groups excluding carboxylic acids is 1. The van der Waals surface area contributed by atoms with E-state index in [9.17, 15) is 15.2 Å². The third-order valence-electron chi connectivity index (χ3n) is 4.30. The smallest absolute Gasteiger partial charge is 0.197 e. The summed E-state index contributed by atoms with van der Waals surface area (Å²) in [6, 6.07) is 11.3. The number of carbonyl (C=O) groups is 1. The summed E-state index contributed by atoms with van der Waals surface area (Å²) >= 11 is 0. The number of unbranched alkanes of at least 4 members (excludes halogenated alkanes) is 1. The highest BCUT2D eigenvalue weighted by Gasteiger charge is 2.22. The molecule has 0 fully saturated rings. The fraction of sp³-hybridized carbons (Fsp3) is 0.250. The topological polar surface area (TPSA) is 86.0 Å². The number of ketones is 1. The van der Waals surface area contributed by atoms with E-state index in [4.69, 9.17) is 9.15 Å². The van der Waals surface area contributed by atoms with E-state index in [0.717, 1.165) is 12.8 Å². The minimum absolute atomic E-state index is 0.0455. The van der Waals surface area contributed by atoms with Crippen molar-refractivity contribution in [2.75, 3.05) is 12.3 Å². The van der Waals surface area contributed by atoms with Crippen LogP contribution in [0, 0.1) is 5.21 Å². The van der Waals surface area contributed by atoms with Crippen molar-refractivity contribution in [3.8, 4) is 5.75 Å². The lowest BCUT2D eigenvalue weighted by molar-refractivity contribution is 0.103. The van der Waals surface area contributed by atoms with Crippen molar-refractivity contribution >= 4 is 22.4 Å². The number of aryl methyl sites for hydroxylation is 1. The average Bonchev–Trinajstić information content (AvgIpc) is 3.03. The van der Waals surface area contributed by atoms with Gasteiger partial charge in [0.25, 0.3) is 0 Å². The monoisotopic (exact) mass is 354 g/mol. The summed E-state index contributed by atoms with van der Waals surface area (Å²) in [5.74, 6) is 1.06. The predicted octanol–water partition coefficient (Wildman–Crippen LogP) is 4.71. The number of hydrogen-bond donors (Lipinski definition) is 1. The molecule has 0 bridgehead atoms. The third-order valence-corrected chi connectivity index (χ3v) is 4.30. The van der Waals surface area contributed by atoms with Crippen LogP contribution in [0.5, 0.6) is 5.75 Å². The number of furan rings is 1. The van der Waals surface area contributed by atoms with Crippen LogP contribution in [-0.4, -0.2) is 18.1 Å². The zero-order valence-electron chi connectivity index (χ0n) is 14.7. The first kappa shape index (κ1) is 18.0. The Kier molecular flexibility index (Phi) is 5.25. The van der Waals surface area contributed by atoms with E-state index in [1.165, 1.54) is 12.1 Å². The van der Waals surface area contributed by atoms with Crippen LogP contribution in [-0.2, 0) is 6.42 Å². The van der Waals surface area contributed by atoms with Crippen molar-refractivity contribution in [2.45, 2.75) is 26.2 Å². The molecule has 0 aliphatic carbocycles. The van der Waals surface area contributed by atoms with Gasteiger partial charge in [-0.05, 0) is 48.9 Å². The van der Waals surface area contributed by atoms with Gasteiger partial charge in [0.15, 0.2) is 5.78 Å². The zero-order valence-corrected chi connectivity index (χ0v) is 14.7. The van der Waals surface area contributed by atoms with Crippen LogP contribution < -0.4 is 9.96 Å². The molecule has 136 valence electrons. The van der Waals surface area contributed by atoms with E-state index in [0.29, 0.717) is 40.0 Å². The van der Waals surface area contributed by atoms with Gasteiger partial charge in [0.2, 0.25) is 0 Å². The number of methoxy groups -OCH3 is 1.